The molecule has 26 heavy (non-hydrogen) atoms. The van der Waals surface area contributed by atoms with E-state index in [0.29, 0.717) is 11.4 Å². The molecular formula is C21H25N3O2. The van der Waals surface area contributed by atoms with Crippen LogP contribution in [-0.2, 0) is 13.0 Å². The Morgan fingerprint density at radius 1 is 1.27 bits per heavy atom. The SMILES string of the molecule is CC(C)=CCN1CCCc2cc(Oc3ccc(C(N)=O)cn3)ccc2C1. The summed E-state index contributed by atoms with van der Waals surface area (Å²) in [6.07, 6.45) is 5.90. The van der Waals surface area contributed by atoms with Gasteiger partial charge in [0.25, 0.3) is 0 Å². The molecule has 2 N–H and O–H groups in total. The number of aryl methyl sites for hydroxylation is 1. The van der Waals surface area contributed by atoms with Crippen LogP contribution < -0.4 is 10.5 Å². The van der Waals surface area contributed by atoms with Crippen molar-refractivity contribution < 1.29 is 9.53 Å². The number of amides is 1. The number of rotatable bonds is 5. The molecule has 5 nitrogen and oxygen atoms in total. The van der Waals surface area contributed by atoms with E-state index < -0.39 is 5.91 Å². The number of benzene rings is 1. The Bertz CT molecular complexity index is 809. The molecule has 0 atom stereocenters. The van der Waals surface area contributed by atoms with Gasteiger partial charge in [-0.2, -0.15) is 0 Å². The third-order valence-electron chi connectivity index (χ3n) is 4.49. The molecule has 1 aliphatic rings. The van der Waals surface area contributed by atoms with E-state index in [1.807, 2.05) is 6.07 Å². The normalized spacial score (nSPS) is 14.2. The first kappa shape index (κ1) is 18.1. The maximum Gasteiger partial charge on any atom is 0.250 e. The second-order valence-electron chi connectivity index (χ2n) is 6.90. The topological polar surface area (TPSA) is 68.5 Å². The molecule has 0 unspecified atom stereocenters. The van der Waals surface area contributed by atoms with Gasteiger partial charge in [-0.25, -0.2) is 4.98 Å². The van der Waals surface area contributed by atoms with Crippen LogP contribution in [0.1, 0.15) is 41.8 Å². The van der Waals surface area contributed by atoms with Crippen LogP contribution in [0.2, 0.25) is 0 Å². The number of hydrogen-bond donors (Lipinski definition) is 1. The lowest BCUT2D eigenvalue weighted by Crippen LogP contribution is -2.23. The summed E-state index contributed by atoms with van der Waals surface area (Å²) in [5.41, 5.74) is 9.64. The maximum absolute atomic E-state index is 11.1. The van der Waals surface area contributed by atoms with Crippen molar-refractivity contribution in [2.75, 3.05) is 13.1 Å². The van der Waals surface area contributed by atoms with E-state index >= 15 is 0 Å². The lowest BCUT2D eigenvalue weighted by Gasteiger charge is -2.19. The predicted octanol–water partition coefficient (Wildman–Crippen LogP) is 3.69. The second kappa shape index (κ2) is 8.15. The first-order chi connectivity index (χ1) is 12.5. The third kappa shape index (κ3) is 4.70. The van der Waals surface area contributed by atoms with Gasteiger partial charge >= 0.3 is 0 Å². The average Bonchev–Trinajstić information content (AvgIpc) is 2.82. The fraction of sp³-hybridized carbons (Fsp3) is 0.333. The summed E-state index contributed by atoms with van der Waals surface area (Å²) in [4.78, 5) is 17.7. The molecule has 0 aliphatic carbocycles. The van der Waals surface area contributed by atoms with Crippen molar-refractivity contribution in [2.45, 2.75) is 33.2 Å². The lowest BCUT2D eigenvalue weighted by molar-refractivity contribution is 0.1000. The van der Waals surface area contributed by atoms with E-state index in [9.17, 15) is 4.79 Å². The van der Waals surface area contributed by atoms with Gasteiger partial charge in [-0.3, -0.25) is 9.69 Å². The van der Waals surface area contributed by atoms with Gasteiger partial charge in [0.2, 0.25) is 11.8 Å². The van der Waals surface area contributed by atoms with E-state index in [1.165, 1.54) is 22.9 Å². The minimum atomic E-state index is -0.494. The monoisotopic (exact) mass is 351 g/mol. The Kier molecular flexibility index (Phi) is 5.68. The molecule has 0 radical (unpaired) electrons. The molecule has 0 saturated carbocycles. The Morgan fingerprint density at radius 3 is 2.81 bits per heavy atom. The van der Waals surface area contributed by atoms with Gasteiger partial charge in [0.15, 0.2) is 0 Å². The number of carbonyl (C=O) groups is 1. The molecule has 5 heteroatoms. The van der Waals surface area contributed by atoms with Gasteiger partial charge in [0.05, 0.1) is 5.56 Å². The van der Waals surface area contributed by atoms with E-state index in [0.717, 1.165) is 38.2 Å². The quantitative estimate of drug-likeness (QED) is 0.834. The number of primary amides is 1. The van der Waals surface area contributed by atoms with Crippen molar-refractivity contribution in [2.24, 2.45) is 5.73 Å². The summed E-state index contributed by atoms with van der Waals surface area (Å²) in [6.45, 7) is 7.34. The van der Waals surface area contributed by atoms with Crippen LogP contribution in [0.15, 0.2) is 48.2 Å². The van der Waals surface area contributed by atoms with Gasteiger partial charge in [0, 0.05) is 25.4 Å². The number of carbonyl (C=O) groups excluding carboxylic acids is 1. The van der Waals surface area contributed by atoms with Crippen LogP contribution in [0.3, 0.4) is 0 Å². The van der Waals surface area contributed by atoms with Gasteiger partial charge in [-0.1, -0.05) is 17.7 Å². The van der Waals surface area contributed by atoms with Gasteiger partial charge in [-0.15, -0.1) is 0 Å². The summed E-state index contributed by atoms with van der Waals surface area (Å²) in [7, 11) is 0. The van der Waals surface area contributed by atoms with Crippen LogP contribution in [0.5, 0.6) is 11.6 Å². The molecule has 0 fully saturated rings. The zero-order chi connectivity index (χ0) is 18.5. The second-order valence-corrected chi connectivity index (χ2v) is 6.90. The van der Waals surface area contributed by atoms with E-state index in [2.05, 4.69) is 41.9 Å². The molecule has 1 aromatic carbocycles. The minimum absolute atomic E-state index is 0.371. The zero-order valence-corrected chi connectivity index (χ0v) is 15.4. The Hall–Kier alpha value is -2.66. The van der Waals surface area contributed by atoms with Gasteiger partial charge < -0.3 is 10.5 Å². The average molecular weight is 351 g/mol. The molecule has 3 rings (SSSR count). The molecule has 2 heterocycles. The van der Waals surface area contributed by atoms with E-state index in [4.69, 9.17) is 10.5 Å². The maximum atomic E-state index is 11.1. The molecule has 0 bridgehead atoms. The first-order valence-corrected chi connectivity index (χ1v) is 8.92. The summed E-state index contributed by atoms with van der Waals surface area (Å²) in [6, 6.07) is 9.50. The fourth-order valence-electron chi connectivity index (χ4n) is 3.04. The highest BCUT2D eigenvalue weighted by atomic mass is 16.5. The molecular weight excluding hydrogens is 326 g/mol. The first-order valence-electron chi connectivity index (χ1n) is 8.92. The highest BCUT2D eigenvalue weighted by Crippen LogP contribution is 2.26. The van der Waals surface area contributed by atoms with Crippen LogP contribution in [0.25, 0.3) is 0 Å². The Balaban J connectivity index is 1.71. The summed E-state index contributed by atoms with van der Waals surface area (Å²) in [5.74, 6) is 0.723. The molecule has 0 spiro atoms. The number of nitrogens with zero attached hydrogens (tertiary/aromatic N) is 2. The lowest BCUT2D eigenvalue weighted by atomic mass is 10.0. The molecule has 1 aromatic heterocycles. The number of allylic oxidation sites excluding steroid dienone is 1. The highest BCUT2D eigenvalue weighted by Gasteiger charge is 2.14. The number of pyridine rings is 1. The number of hydrogen-bond acceptors (Lipinski definition) is 4. The number of fused-ring (bicyclic) bond motifs is 1. The van der Waals surface area contributed by atoms with Crippen molar-refractivity contribution in [3.05, 3.63) is 64.9 Å². The summed E-state index contributed by atoms with van der Waals surface area (Å²) < 4.78 is 5.84. The van der Waals surface area contributed by atoms with Crippen LogP contribution in [0.4, 0.5) is 0 Å². The summed E-state index contributed by atoms with van der Waals surface area (Å²) in [5, 5.41) is 0. The Morgan fingerprint density at radius 2 is 2.12 bits per heavy atom. The molecule has 2 aromatic rings. The van der Waals surface area contributed by atoms with Gasteiger partial charge in [0.1, 0.15) is 5.75 Å². The van der Waals surface area contributed by atoms with Crippen LogP contribution >= 0.6 is 0 Å². The zero-order valence-electron chi connectivity index (χ0n) is 15.4. The van der Waals surface area contributed by atoms with Crippen LogP contribution in [0, 0.1) is 0 Å². The van der Waals surface area contributed by atoms with E-state index in [1.54, 1.807) is 12.1 Å². The molecule has 0 saturated heterocycles. The van der Waals surface area contributed by atoms with E-state index in [-0.39, 0.29) is 0 Å². The molecule has 1 amide bonds. The van der Waals surface area contributed by atoms with Crippen LogP contribution in [-0.4, -0.2) is 28.9 Å². The fourth-order valence-corrected chi connectivity index (χ4v) is 3.04. The number of ether oxygens (including phenoxy) is 1. The minimum Gasteiger partial charge on any atom is -0.439 e. The Labute approximate surface area is 154 Å². The van der Waals surface area contributed by atoms with Crippen molar-refractivity contribution in [3.63, 3.8) is 0 Å². The number of aromatic nitrogens is 1. The predicted molar refractivity (Wildman–Crippen MR) is 102 cm³/mol. The standard InChI is InChI=1S/C21H25N3O2/c1-15(2)9-11-24-10-3-4-16-12-19(7-5-18(16)14-24)26-20-8-6-17(13-23-20)21(22)25/h5-9,12-13H,3-4,10-11,14H2,1-2H3,(H2,22,25). The summed E-state index contributed by atoms with van der Waals surface area (Å²) >= 11 is 0. The van der Waals surface area contributed by atoms with Crippen molar-refractivity contribution in [1.29, 1.82) is 0 Å². The van der Waals surface area contributed by atoms with Crippen molar-refractivity contribution in [1.82, 2.24) is 9.88 Å². The highest BCUT2D eigenvalue weighted by molar-refractivity contribution is 5.92. The smallest absolute Gasteiger partial charge is 0.250 e. The largest absolute Gasteiger partial charge is 0.439 e. The van der Waals surface area contributed by atoms with Crippen molar-refractivity contribution in [3.8, 4) is 11.6 Å². The molecule has 1 aliphatic heterocycles. The number of nitrogens with two attached hydrogens (primary N) is 1. The third-order valence-corrected chi connectivity index (χ3v) is 4.49. The van der Waals surface area contributed by atoms with Gasteiger partial charge in [-0.05, 0) is 62.6 Å². The van der Waals surface area contributed by atoms with Crippen molar-refractivity contribution >= 4 is 5.91 Å². The molecule has 136 valence electrons.